The monoisotopic (exact) mass is 341 g/mol. The van der Waals surface area contributed by atoms with Crippen molar-refractivity contribution in [3.63, 3.8) is 0 Å². The van der Waals surface area contributed by atoms with Crippen molar-refractivity contribution < 1.29 is 9.53 Å². The number of nitrogens with two attached hydrogens (primary N) is 1. The summed E-state index contributed by atoms with van der Waals surface area (Å²) >= 11 is 0. The Labute approximate surface area is 147 Å². The second kappa shape index (κ2) is 7.94. The lowest BCUT2D eigenvalue weighted by Gasteiger charge is -2.24. The van der Waals surface area contributed by atoms with E-state index in [1.165, 1.54) is 0 Å². The number of nitrogens with zero attached hydrogens (tertiary/aromatic N) is 4. The maximum absolute atomic E-state index is 12.3. The number of para-hydroxylation sites is 1. The first kappa shape index (κ1) is 17.2. The fourth-order valence-corrected chi connectivity index (χ4v) is 2.92. The zero-order valence-electron chi connectivity index (χ0n) is 14.3. The van der Waals surface area contributed by atoms with Crippen molar-refractivity contribution in [3.8, 4) is 5.75 Å². The van der Waals surface area contributed by atoms with E-state index >= 15 is 0 Å². The van der Waals surface area contributed by atoms with Crippen molar-refractivity contribution in [1.29, 1.82) is 0 Å². The van der Waals surface area contributed by atoms with Crippen LogP contribution in [-0.4, -0.2) is 58.5 Å². The number of anilines is 1. The minimum Gasteiger partial charge on any atom is -0.484 e. The number of rotatable bonds is 6. The van der Waals surface area contributed by atoms with Crippen molar-refractivity contribution in [3.05, 3.63) is 48.4 Å². The minimum atomic E-state index is 0.0139. The van der Waals surface area contributed by atoms with Crippen LogP contribution in [0.25, 0.3) is 0 Å². The quantitative estimate of drug-likeness (QED) is 0.849. The number of carbonyl (C=O) groups is 1. The Morgan fingerprint density at radius 1 is 1.36 bits per heavy atom. The molecule has 2 aromatic rings. The zero-order chi connectivity index (χ0) is 17.6. The van der Waals surface area contributed by atoms with Gasteiger partial charge in [0.1, 0.15) is 17.4 Å². The molecule has 2 N–H and O–H groups in total. The predicted molar refractivity (Wildman–Crippen MR) is 94.8 cm³/mol. The summed E-state index contributed by atoms with van der Waals surface area (Å²) < 4.78 is 5.55. The Morgan fingerprint density at radius 2 is 2.16 bits per heavy atom. The van der Waals surface area contributed by atoms with Gasteiger partial charge in [0.15, 0.2) is 6.61 Å². The Hall–Kier alpha value is -2.67. The number of hydrogen-bond acceptors (Lipinski definition) is 6. The van der Waals surface area contributed by atoms with Gasteiger partial charge in [0.25, 0.3) is 5.91 Å². The fourth-order valence-electron chi connectivity index (χ4n) is 2.92. The second-order valence-corrected chi connectivity index (χ2v) is 6.20. The summed E-state index contributed by atoms with van der Waals surface area (Å²) in [6, 6.07) is 11.3. The number of hydrogen-bond donors (Lipinski definition) is 1. The Bertz CT molecular complexity index is 710. The van der Waals surface area contributed by atoms with Crippen LogP contribution in [0.2, 0.25) is 0 Å². The molecule has 25 heavy (non-hydrogen) atoms. The molecule has 0 saturated carbocycles. The van der Waals surface area contributed by atoms with E-state index in [0.29, 0.717) is 30.5 Å². The summed E-state index contributed by atoms with van der Waals surface area (Å²) in [6.07, 6.45) is 2.59. The predicted octanol–water partition coefficient (Wildman–Crippen LogP) is 1.17. The lowest BCUT2D eigenvalue weighted by molar-refractivity contribution is -0.132. The Balaban J connectivity index is 1.48. The van der Waals surface area contributed by atoms with Crippen molar-refractivity contribution in [2.75, 3.05) is 32.5 Å². The number of aromatic nitrogens is 2. The number of carbonyl (C=O) groups excluding carboxylic acids is 1. The lowest BCUT2D eigenvalue weighted by atomic mass is 10.2. The first-order valence-corrected chi connectivity index (χ1v) is 8.35. The first-order valence-electron chi connectivity index (χ1n) is 8.35. The maximum Gasteiger partial charge on any atom is 0.260 e. The van der Waals surface area contributed by atoms with Gasteiger partial charge in [0.2, 0.25) is 0 Å². The molecule has 0 aliphatic carbocycles. The number of nitrogen functional groups attached to an aromatic ring is 1. The first-order chi connectivity index (χ1) is 12.1. The molecule has 2 heterocycles. The van der Waals surface area contributed by atoms with Crippen LogP contribution in [-0.2, 0) is 11.3 Å². The topological polar surface area (TPSA) is 84.6 Å². The highest BCUT2D eigenvalue weighted by atomic mass is 16.5. The maximum atomic E-state index is 12.3. The number of benzene rings is 1. The third-order valence-corrected chi connectivity index (χ3v) is 4.36. The zero-order valence-corrected chi connectivity index (χ0v) is 14.3. The fraction of sp³-hybridized carbons (Fsp3) is 0.389. The van der Waals surface area contributed by atoms with E-state index in [-0.39, 0.29) is 18.6 Å². The van der Waals surface area contributed by atoms with Gasteiger partial charge in [-0.25, -0.2) is 9.97 Å². The molecule has 1 amide bonds. The molecule has 1 atom stereocenters. The molecule has 0 radical (unpaired) electrons. The van der Waals surface area contributed by atoms with Gasteiger partial charge in [-0.15, -0.1) is 0 Å². The van der Waals surface area contributed by atoms with Gasteiger partial charge in [-0.05, 0) is 31.7 Å². The van der Waals surface area contributed by atoms with E-state index < -0.39 is 0 Å². The molecule has 3 rings (SSSR count). The number of ether oxygens (including phenoxy) is 1. The molecule has 132 valence electrons. The summed E-state index contributed by atoms with van der Waals surface area (Å²) in [5, 5.41) is 0. The highest BCUT2D eigenvalue weighted by molar-refractivity contribution is 5.78. The molecular weight excluding hydrogens is 318 g/mol. The summed E-state index contributed by atoms with van der Waals surface area (Å²) in [5.41, 5.74) is 5.69. The largest absolute Gasteiger partial charge is 0.484 e. The van der Waals surface area contributed by atoms with Crippen LogP contribution < -0.4 is 10.5 Å². The highest BCUT2D eigenvalue weighted by Gasteiger charge is 2.29. The van der Waals surface area contributed by atoms with Crippen LogP contribution in [0, 0.1) is 0 Å². The van der Waals surface area contributed by atoms with Gasteiger partial charge >= 0.3 is 0 Å². The molecule has 1 aromatic heterocycles. The summed E-state index contributed by atoms with van der Waals surface area (Å²) in [4.78, 5) is 24.8. The third kappa shape index (κ3) is 4.67. The number of likely N-dealkylation sites (N-methyl/N-ethyl adjacent to an activating group) is 1. The third-order valence-electron chi connectivity index (χ3n) is 4.36. The van der Waals surface area contributed by atoms with Crippen LogP contribution in [0.15, 0.2) is 42.6 Å². The molecule has 0 unspecified atom stereocenters. The van der Waals surface area contributed by atoms with Gasteiger partial charge in [0, 0.05) is 25.3 Å². The van der Waals surface area contributed by atoms with Gasteiger partial charge < -0.3 is 15.4 Å². The molecule has 1 aliphatic heterocycles. The molecule has 0 bridgehead atoms. The molecular formula is C18H23N5O2. The molecule has 1 fully saturated rings. The van der Waals surface area contributed by atoms with Crippen molar-refractivity contribution >= 4 is 11.7 Å². The average molecular weight is 341 g/mol. The SMILES string of the molecule is CN(Cc1nccc(N)n1)[C@@H]1CCN(C(=O)COc2ccccc2)C1. The van der Waals surface area contributed by atoms with E-state index in [2.05, 4.69) is 14.9 Å². The molecule has 7 nitrogen and oxygen atoms in total. The summed E-state index contributed by atoms with van der Waals surface area (Å²) in [7, 11) is 2.02. The van der Waals surface area contributed by atoms with E-state index in [1.54, 1.807) is 12.3 Å². The Kier molecular flexibility index (Phi) is 5.45. The Morgan fingerprint density at radius 3 is 2.92 bits per heavy atom. The summed E-state index contributed by atoms with van der Waals surface area (Å²) in [6.45, 7) is 2.11. The average Bonchev–Trinajstić information content (AvgIpc) is 3.11. The smallest absolute Gasteiger partial charge is 0.260 e. The van der Waals surface area contributed by atoms with Crippen LogP contribution in [0.4, 0.5) is 5.82 Å². The van der Waals surface area contributed by atoms with E-state index in [4.69, 9.17) is 10.5 Å². The molecule has 1 saturated heterocycles. The van der Waals surface area contributed by atoms with Crippen LogP contribution in [0.3, 0.4) is 0 Å². The highest BCUT2D eigenvalue weighted by Crippen LogP contribution is 2.17. The molecule has 7 heteroatoms. The number of amides is 1. The van der Waals surface area contributed by atoms with Crippen molar-refractivity contribution in [2.24, 2.45) is 0 Å². The van der Waals surface area contributed by atoms with Gasteiger partial charge in [-0.1, -0.05) is 18.2 Å². The van der Waals surface area contributed by atoms with Gasteiger partial charge in [-0.2, -0.15) is 0 Å². The van der Waals surface area contributed by atoms with E-state index in [9.17, 15) is 4.79 Å². The molecule has 1 aromatic carbocycles. The molecule has 1 aliphatic rings. The van der Waals surface area contributed by atoms with Crippen LogP contribution in [0.5, 0.6) is 5.75 Å². The van der Waals surface area contributed by atoms with Crippen LogP contribution >= 0.6 is 0 Å². The van der Waals surface area contributed by atoms with E-state index in [0.717, 1.165) is 13.0 Å². The van der Waals surface area contributed by atoms with E-state index in [1.807, 2.05) is 42.3 Å². The van der Waals surface area contributed by atoms with Crippen LogP contribution in [0.1, 0.15) is 12.2 Å². The molecule has 0 spiro atoms. The minimum absolute atomic E-state index is 0.0139. The second-order valence-electron chi connectivity index (χ2n) is 6.20. The van der Waals surface area contributed by atoms with Crippen molar-refractivity contribution in [2.45, 2.75) is 19.0 Å². The van der Waals surface area contributed by atoms with Crippen molar-refractivity contribution in [1.82, 2.24) is 19.8 Å². The normalized spacial score (nSPS) is 17.0. The van der Waals surface area contributed by atoms with Gasteiger partial charge in [0.05, 0.1) is 6.54 Å². The lowest BCUT2D eigenvalue weighted by Crippen LogP contribution is -2.38. The van der Waals surface area contributed by atoms with Gasteiger partial charge in [-0.3, -0.25) is 9.69 Å². The standard InChI is InChI=1S/C18H23N5O2/c1-22(12-17-20-9-7-16(19)21-17)14-8-10-23(11-14)18(24)13-25-15-5-3-2-4-6-15/h2-7,9,14H,8,10-13H2,1H3,(H2,19,20,21)/t14-/m1/s1. The number of likely N-dealkylation sites (tertiary alicyclic amines) is 1. The summed E-state index contributed by atoms with van der Waals surface area (Å²) in [5.74, 6) is 1.89.